The zero-order valence-electron chi connectivity index (χ0n) is 12.8. The van der Waals surface area contributed by atoms with Gasteiger partial charge in [-0.15, -0.1) is 6.42 Å². The Labute approximate surface area is 135 Å². The Morgan fingerprint density at radius 2 is 2.17 bits per heavy atom. The van der Waals surface area contributed by atoms with Gasteiger partial charge in [0.25, 0.3) is 5.91 Å². The molecule has 1 aliphatic heterocycles. The SMILES string of the molecule is C#Cc1ccc(C(=O)N[C@H]2CCN(Cc3ccncc3)C2)nc1. The zero-order valence-corrected chi connectivity index (χ0v) is 12.8. The minimum absolute atomic E-state index is 0.149. The topological polar surface area (TPSA) is 58.1 Å². The Kier molecular flexibility index (Phi) is 4.65. The van der Waals surface area contributed by atoms with Gasteiger partial charge in [0, 0.05) is 49.8 Å². The standard InChI is InChI=1S/C18H18N4O/c1-2-14-3-4-17(20-11-14)18(23)21-16-7-10-22(13-16)12-15-5-8-19-9-6-15/h1,3-6,8-9,11,16H,7,10,12-13H2,(H,21,23)/t16-/m0/s1. The predicted molar refractivity (Wildman–Crippen MR) is 87.6 cm³/mol. The number of pyridine rings is 2. The molecule has 0 aliphatic carbocycles. The summed E-state index contributed by atoms with van der Waals surface area (Å²) in [5, 5.41) is 3.04. The van der Waals surface area contributed by atoms with Crippen LogP contribution in [0.1, 0.15) is 28.0 Å². The van der Waals surface area contributed by atoms with Gasteiger partial charge in [0.05, 0.1) is 0 Å². The van der Waals surface area contributed by atoms with Crippen LogP contribution < -0.4 is 5.32 Å². The third-order valence-electron chi connectivity index (χ3n) is 3.93. The Morgan fingerprint density at radius 1 is 1.35 bits per heavy atom. The van der Waals surface area contributed by atoms with Gasteiger partial charge >= 0.3 is 0 Å². The Morgan fingerprint density at radius 3 is 2.87 bits per heavy atom. The van der Waals surface area contributed by atoms with Gasteiger partial charge < -0.3 is 5.32 Å². The summed E-state index contributed by atoms with van der Waals surface area (Å²) in [4.78, 5) is 22.7. The predicted octanol–water partition coefficient (Wildman–Crippen LogP) is 1.46. The van der Waals surface area contributed by atoms with Crippen LogP contribution in [-0.4, -0.2) is 39.9 Å². The van der Waals surface area contributed by atoms with Gasteiger partial charge in [0.15, 0.2) is 0 Å². The fourth-order valence-corrected chi connectivity index (χ4v) is 2.71. The van der Waals surface area contributed by atoms with Crippen molar-refractivity contribution in [3.05, 3.63) is 59.7 Å². The van der Waals surface area contributed by atoms with Crippen LogP contribution in [0.2, 0.25) is 0 Å². The second-order valence-corrected chi connectivity index (χ2v) is 5.63. The maximum Gasteiger partial charge on any atom is 0.270 e. The molecule has 1 fully saturated rings. The van der Waals surface area contributed by atoms with Crippen LogP contribution in [0, 0.1) is 12.3 Å². The number of aromatic nitrogens is 2. The second-order valence-electron chi connectivity index (χ2n) is 5.63. The van der Waals surface area contributed by atoms with Crippen molar-refractivity contribution in [2.24, 2.45) is 0 Å². The number of carbonyl (C=O) groups excluding carboxylic acids is 1. The van der Waals surface area contributed by atoms with Gasteiger partial charge in [-0.1, -0.05) is 5.92 Å². The molecule has 0 bridgehead atoms. The van der Waals surface area contributed by atoms with Crippen molar-refractivity contribution < 1.29 is 4.79 Å². The summed E-state index contributed by atoms with van der Waals surface area (Å²) < 4.78 is 0. The molecule has 5 heteroatoms. The molecule has 1 aliphatic rings. The molecule has 0 aromatic carbocycles. The van der Waals surface area contributed by atoms with Crippen molar-refractivity contribution in [1.82, 2.24) is 20.2 Å². The van der Waals surface area contributed by atoms with Gasteiger partial charge in [0.2, 0.25) is 0 Å². The molecular weight excluding hydrogens is 288 g/mol. The molecule has 2 aromatic rings. The van der Waals surface area contributed by atoms with Crippen LogP contribution in [0.3, 0.4) is 0 Å². The highest BCUT2D eigenvalue weighted by molar-refractivity contribution is 5.92. The van der Waals surface area contributed by atoms with Crippen LogP contribution in [0.25, 0.3) is 0 Å². The molecule has 116 valence electrons. The van der Waals surface area contributed by atoms with E-state index in [0.717, 1.165) is 26.1 Å². The number of nitrogens with one attached hydrogen (secondary N) is 1. The number of carbonyl (C=O) groups is 1. The number of hydrogen-bond acceptors (Lipinski definition) is 4. The molecule has 1 atom stereocenters. The summed E-state index contributed by atoms with van der Waals surface area (Å²) in [7, 11) is 0. The summed E-state index contributed by atoms with van der Waals surface area (Å²) in [5.74, 6) is 2.34. The molecule has 0 spiro atoms. The first-order valence-corrected chi connectivity index (χ1v) is 7.59. The van der Waals surface area contributed by atoms with Gasteiger partial charge in [0.1, 0.15) is 5.69 Å². The minimum Gasteiger partial charge on any atom is -0.347 e. The van der Waals surface area contributed by atoms with E-state index < -0.39 is 0 Å². The van der Waals surface area contributed by atoms with Crippen LogP contribution in [0.4, 0.5) is 0 Å². The van der Waals surface area contributed by atoms with Crippen LogP contribution >= 0.6 is 0 Å². The summed E-state index contributed by atoms with van der Waals surface area (Å²) in [6.07, 6.45) is 11.4. The van der Waals surface area contributed by atoms with E-state index >= 15 is 0 Å². The lowest BCUT2D eigenvalue weighted by molar-refractivity contribution is 0.0932. The maximum absolute atomic E-state index is 12.2. The molecule has 1 N–H and O–H groups in total. The molecule has 5 nitrogen and oxygen atoms in total. The molecular formula is C18H18N4O. The number of amides is 1. The minimum atomic E-state index is -0.149. The molecule has 23 heavy (non-hydrogen) atoms. The molecule has 0 radical (unpaired) electrons. The number of hydrogen-bond donors (Lipinski definition) is 1. The van der Waals surface area contributed by atoms with Crippen LogP contribution in [0.15, 0.2) is 42.9 Å². The van der Waals surface area contributed by atoms with Crippen LogP contribution in [-0.2, 0) is 6.54 Å². The summed E-state index contributed by atoms with van der Waals surface area (Å²) in [5.41, 5.74) is 2.31. The number of rotatable bonds is 4. The fourth-order valence-electron chi connectivity index (χ4n) is 2.71. The van der Waals surface area contributed by atoms with Crippen LogP contribution in [0.5, 0.6) is 0 Å². The first kappa shape index (κ1) is 15.2. The smallest absolute Gasteiger partial charge is 0.270 e. The summed E-state index contributed by atoms with van der Waals surface area (Å²) in [6, 6.07) is 7.57. The highest BCUT2D eigenvalue weighted by Crippen LogP contribution is 2.13. The lowest BCUT2D eigenvalue weighted by Crippen LogP contribution is -2.37. The molecule has 0 unspecified atom stereocenters. The molecule has 0 saturated carbocycles. The van der Waals surface area contributed by atoms with Crippen molar-refractivity contribution in [1.29, 1.82) is 0 Å². The first-order chi connectivity index (χ1) is 11.2. The van der Waals surface area contributed by atoms with Crippen molar-refractivity contribution in [2.45, 2.75) is 19.0 Å². The number of likely N-dealkylation sites (tertiary alicyclic amines) is 1. The monoisotopic (exact) mass is 306 g/mol. The van der Waals surface area contributed by atoms with E-state index in [-0.39, 0.29) is 11.9 Å². The van der Waals surface area contributed by atoms with Gasteiger partial charge in [-0.3, -0.25) is 14.7 Å². The van der Waals surface area contributed by atoms with E-state index in [2.05, 4.69) is 26.1 Å². The van der Waals surface area contributed by atoms with Crippen molar-refractivity contribution in [3.8, 4) is 12.3 Å². The van der Waals surface area contributed by atoms with E-state index in [1.165, 1.54) is 5.56 Å². The molecule has 1 saturated heterocycles. The van der Waals surface area contributed by atoms with Crippen molar-refractivity contribution in [3.63, 3.8) is 0 Å². The molecule has 3 rings (SSSR count). The van der Waals surface area contributed by atoms with Gasteiger partial charge in [-0.25, -0.2) is 4.98 Å². The molecule has 1 amide bonds. The summed E-state index contributed by atoms with van der Waals surface area (Å²) in [6.45, 7) is 2.69. The molecule has 2 aromatic heterocycles. The quantitative estimate of drug-likeness (QED) is 0.869. The highest BCUT2D eigenvalue weighted by Gasteiger charge is 2.24. The normalized spacial score (nSPS) is 17.6. The second kappa shape index (κ2) is 7.03. The van der Waals surface area contributed by atoms with E-state index in [0.29, 0.717) is 11.3 Å². The average molecular weight is 306 g/mol. The largest absolute Gasteiger partial charge is 0.347 e. The summed E-state index contributed by atoms with van der Waals surface area (Å²) >= 11 is 0. The first-order valence-electron chi connectivity index (χ1n) is 7.59. The Bertz CT molecular complexity index is 706. The van der Waals surface area contributed by atoms with Gasteiger partial charge in [-0.05, 0) is 36.2 Å². The lowest BCUT2D eigenvalue weighted by Gasteiger charge is -2.16. The van der Waals surface area contributed by atoms with E-state index in [1.54, 1.807) is 30.7 Å². The zero-order chi connectivity index (χ0) is 16.1. The van der Waals surface area contributed by atoms with E-state index in [4.69, 9.17) is 6.42 Å². The van der Waals surface area contributed by atoms with Crippen molar-refractivity contribution >= 4 is 5.91 Å². The van der Waals surface area contributed by atoms with Crippen molar-refractivity contribution in [2.75, 3.05) is 13.1 Å². The van der Waals surface area contributed by atoms with E-state index in [9.17, 15) is 4.79 Å². The Hall–Kier alpha value is -2.71. The number of nitrogens with zero attached hydrogens (tertiary/aromatic N) is 3. The molecule has 3 heterocycles. The third-order valence-corrected chi connectivity index (χ3v) is 3.93. The lowest BCUT2D eigenvalue weighted by atomic mass is 10.2. The average Bonchev–Trinajstić information content (AvgIpc) is 3.02. The van der Waals surface area contributed by atoms with E-state index in [1.807, 2.05) is 12.1 Å². The van der Waals surface area contributed by atoms with Gasteiger partial charge in [-0.2, -0.15) is 0 Å². The number of terminal acetylenes is 1. The Balaban J connectivity index is 1.53. The maximum atomic E-state index is 12.2. The third kappa shape index (κ3) is 3.93. The highest BCUT2D eigenvalue weighted by atomic mass is 16.1. The fraction of sp³-hybridized carbons (Fsp3) is 0.278.